The molecule has 0 saturated heterocycles. The van der Waals surface area contributed by atoms with E-state index in [0.717, 1.165) is 24.3 Å². The zero-order valence-electron chi connectivity index (χ0n) is 34.9. The smallest absolute Gasteiger partial charge is 0.408 e. The van der Waals surface area contributed by atoms with Gasteiger partial charge in [0.2, 0.25) is 29.5 Å². The molecule has 0 spiro atoms. The average molecular weight is 826 g/mol. The van der Waals surface area contributed by atoms with E-state index < -0.39 is 59.8 Å². The highest BCUT2D eigenvalue weighted by molar-refractivity contribution is 6.04. The fraction of sp³-hybridized carbons (Fsp3) is 0.400. The van der Waals surface area contributed by atoms with Crippen LogP contribution in [0.15, 0.2) is 97.1 Å². The Balaban J connectivity index is 1.83. The zero-order valence-corrected chi connectivity index (χ0v) is 34.9. The number of benzene rings is 3. The lowest BCUT2D eigenvalue weighted by Crippen LogP contribution is -2.58. The number of primary amides is 2. The Morgan fingerprint density at radius 3 is 1.75 bits per heavy atom. The minimum Gasteiger partial charge on any atom is -0.445 e. The van der Waals surface area contributed by atoms with Crippen LogP contribution in [0.1, 0.15) is 81.3 Å². The van der Waals surface area contributed by atoms with Crippen molar-refractivity contribution < 1.29 is 38.3 Å². The second kappa shape index (κ2) is 25.1. The van der Waals surface area contributed by atoms with Gasteiger partial charge in [0.1, 0.15) is 24.7 Å². The van der Waals surface area contributed by atoms with E-state index in [1.54, 1.807) is 54.6 Å². The third-order valence-electron chi connectivity index (χ3n) is 9.55. The van der Waals surface area contributed by atoms with E-state index in [9.17, 15) is 33.6 Å². The number of nitrogens with one attached hydrogen (secondary N) is 4. The molecule has 15 heteroatoms. The normalized spacial score (nSPS) is 13.0. The van der Waals surface area contributed by atoms with E-state index in [-0.39, 0.29) is 56.8 Å². The summed E-state index contributed by atoms with van der Waals surface area (Å²) in [5.41, 5.74) is 13.7. The largest absolute Gasteiger partial charge is 0.445 e. The molecule has 0 aliphatic rings. The Kier molecular flexibility index (Phi) is 20.0. The molecule has 6 amide bonds. The van der Waals surface area contributed by atoms with Crippen molar-refractivity contribution in [3.05, 3.63) is 114 Å². The van der Waals surface area contributed by atoms with Crippen molar-refractivity contribution in [3.8, 4) is 0 Å². The third kappa shape index (κ3) is 17.1. The number of nitrogens with zero attached hydrogens (tertiary/aromatic N) is 1. The minimum absolute atomic E-state index is 0.0113. The van der Waals surface area contributed by atoms with E-state index in [2.05, 4.69) is 26.2 Å². The lowest BCUT2D eigenvalue weighted by Gasteiger charge is -2.26. The number of anilines is 1. The Hall–Kier alpha value is -6.51. The molecular formula is C45H59N7O8. The number of rotatable bonds is 25. The van der Waals surface area contributed by atoms with Crippen molar-refractivity contribution in [2.75, 3.05) is 18.0 Å². The van der Waals surface area contributed by atoms with Crippen molar-refractivity contribution >= 4 is 47.1 Å². The van der Waals surface area contributed by atoms with E-state index in [4.69, 9.17) is 16.2 Å². The van der Waals surface area contributed by atoms with Crippen molar-refractivity contribution in [3.63, 3.8) is 0 Å². The number of carbonyl (C=O) groups excluding carboxylic acids is 7. The van der Waals surface area contributed by atoms with Gasteiger partial charge >= 0.3 is 6.09 Å². The van der Waals surface area contributed by atoms with Gasteiger partial charge in [0.15, 0.2) is 5.78 Å². The standard InChI is InChI=1S/C45H59N7O8/c1-5-52(6-2)35-21-17-33(18-22-35)39(53)24-19-34(20-25-40(46)54)48-42(56)36(23-26-41(47)55)49-44(58)38(28-31-13-9-7-10-14-31)50-43(57)37(27-30(3)4)51-45(59)60-29-32-15-11-8-12-16-32/h7-19,21-22,24,30,34,36-38H,5-6,20,23,25-29H2,1-4H3,(H2,46,54)(H2,47,55)(H,48,56)(H,49,58)(H,50,57)(H,51,59)/b24-19+/t34-,36+,37+,38+/m1/s1. The summed E-state index contributed by atoms with van der Waals surface area (Å²) >= 11 is 0. The zero-order chi connectivity index (χ0) is 44.0. The molecule has 3 aromatic carbocycles. The summed E-state index contributed by atoms with van der Waals surface area (Å²) in [6.45, 7) is 9.41. The molecule has 0 unspecified atom stereocenters. The number of carbonyl (C=O) groups is 7. The summed E-state index contributed by atoms with van der Waals surface area (Å²) in [6, 6.07) is 20.5. The molecule has 60 heavy (non-hydrogen) atoms. The molecule has 0 aromatic heterocycles. The van der Waals surface area contributed by atoms with Gasteiger partial charge < -0.3 is 42.4 Å². The van der Waals surface area contributed by atoms with Gasteiger partial charge in [0.25, 0.3) is 0 Å². The monoisotopic (exact) mass is 825 g/mol. The molecule has 0 aliphatic heterocycles. The van der Waals surface area contributed by atoms with Gasteiger partial charge in [-0.2, -0.15) is 0 Å². The Morgan fingerprint density at radius 2 is 1.18 bits per heavy atom. The number of alkyl carbamates (subject to hydrolysis) is 1. The first-order valence-electron chi connectivity index (χ1n) is 20.2. The number of ketones is 1. The van der Waals surface area contributed by atoms with Crippen LogP contribution >= 0.6 is 0 Å². The van der Waals surface area contributed by atoms with Crippen molar-refractivity contribution in [1.82, 2.24) is 21.3 Å². The molecular weight excluding hydrogens is 767 g/mol. The molecule has 322 valence electrons. The molecule has 0 saturated carbocycles. The summed E-state index contributed by atoms with van der Waals surface area (Å²) in [6.07, 6.45) is 1.58. The van der Waals surface area contributed by atoms with Gasteiger partial charge in [-0.25, -0.2) is 4.79 Å². The fourth-order valence-corrected chi connectivity index (χ4v) is 6.29. The first-order valence-corrected chi connectivity index (χ1v) is 20.2. The Bertz CT molecular complexity index is 1900. The van der Waals surface area contributed by atoms with E-state index in [1.807, 2.05) is 58.0 Å². The Morgan fingerprint density at radius 1 is 0.650 bits per heavy atom. The van der Waals surface area contributed by atoms with Crippen molar-refractivity contribution in [2.45, 2.75) is 97.0 Å². The maximum absolute atomic E-state index is 14.1. The van der Waals surface area contributed by atoms with Crippen LogP contribution in [-0.2, 0) is 41.7 Å². The lowest BCUT2D eigenvalue weighted by atomic mass is 10.0. The molecule has 0 aliphatic carbocycles. The average Bonchev–Trinajstić information content (AvgIpc) is 3.22. The highest BCUT2D eigenvalue weighted by Crippen LogP contribution is 2.16. The molecule has 8 N–H and O–H groups in total. The van der Waals surface area contributed by atoms with E-state index >= 15 is 0 Å². The number of amides is 6. The summed E-state index contributed by atoms with van der Waals surface area (Å²) in [7, 11) is 0. The van der Waals surface area contributed by atoms with Gasteiger partial charge in [-0.3, -0.25) is 28.8 Å². The fourth-order valence-electron chi connectivity index (χ4n) is 6.29. The van der Waals surface area contributed by atoms with Gasteiger partial charge in [0, 0.05) is 49.6 Å². The van der Waals surface area contributed by atoms with Crippen LogP contribution in [0, 0.1) is 5.92 Å². The van der Waals surface area contributed by atoms with E-state index in [1.165, 1.54) is 12.2 Å². The molecule has 4 atom stereocenters. The van der Waals surface area contributed by atoms with Crippen LogP contribution in [0.2, 0.25) is 0 Å². The first-order chi connectivity index (χ1) is 28.7. The number of ether oxygens (including phenoxy) is 1. The van der Waals surface area contributed by atoms with Crippen LogP contribution in [-0.4, -0.2) is 78.7 Å². The molecule has 0 bridgehead atoms. The minimum atomic E-state index is -1.33. The van der Waals surface area contributed by atoms with Crippen LogP contribution in [0.3, 0.4) is 0 Å². The Labute approximate surface area is 352 Å². The van der Waals surface area contributed by atoms with Gasteiger partial charge in [0.05, 0.1) is 0 Å². The predicted molar refractivity (Wildman–Crippen MR) is 229 cm³/mol. The third-order valence-corrected chi connectivity index (χ3v) is 9.55. The van der Waals surface area contributed by atoms with Gasteiger partial charge in [-0.1, -0.05) is 80.6 Å². The van der Waals surface area contributed by atoms with Crippen LogP contribution < -0.4 is 37.6 Å². The summed E-state index contributed by atoms with van der Waals surface area (Å²) in [5.74, 6) is -3.87. The number of nitrogens with two attached hydrogens (primary N) is 2. The van der Waals surface area contributed by atoms with Crippen LogP contribution in [0.5, 0.6) is 0 Å². The van der Waals surface area contributed by atoms with Crippen LogP contribution in [0.25, 0.3) is 0 Å². The predicted octanol–water partition coefficient (Wildman–Crippen LogP) is 3.84. The van der Waals surface area contributed by atoms with Gasteiger partial charge in [-0.15, -0.1) is 0 Å². The first kappa shape index (κ1) is 47.9. The second-order valence-electron chi connectivity index (χ2n) is 14.8. The summed E-state index contributed by atoms with van der Waals surface area (Å²) < 4.78 is 5.36. The highest BCUT2D eigenvalue weighted by atomic mass is 16.5. The quantitative estimate of drug-likeness (QED) is 0.0538. The van der Waals surface area contributed by atoms with E-state index in [0.29, 0.717) is 11.1 Å². The molecule has 0 fully saturated rings. The molecule has 3 rings (SSSR count). The second-order valence-corrected chi connectivity index (χ2v) is 14.8. The number of allylic oxidation sites excluding steroid dienone is 1. The van der Waals surface area contributed by atoms with Crippen LogP contribution in [0.4, 0.5) is 10.5 Å². The molecule has 15 nitrogen and oxygen atoms in total. The number of hydrogen-bond donors (Lipinski definition) is 6. The summed E-state index contributed by atoms with van der Waals surface area (Å²) in [5, 5.41) is 10.8. The molecule has 0 radical (unpaired) electrons. The SMILES string of the molecule is CCN(CC)c1ccc(C(=O)/C=C/[C@H](CCC(N)=O)NC(=O)[C@H](CCC(N)=O)NC(=O)[C@H](Cc2ccccc2)NC(=O)[C@H](CC(C)C)NC(=O)OCc2ccccc2)cc1. The van der Waals surface area contributed by atoms with Crippen molar-refractivity contribution in [2.24, 2.45) is 17.4 Å². The summed E-state index contributed by atoms with van der Waals surface area (Å²) in [4.78, 5) is 93.5. The van der Waals surface area contributed by atoms with Gasteiger partial charge in [-0.05, 0) is 80.5 Å². The topological polar surface area (TPSA) is 232 Å². The maximum Gasteiger partial charge on any atom is 0.408 e. The van der Waals surface area contributed by atoms with Crippen molar-refractivity contribution in [1.29, 1.82) is 0 Å². The molecule has 0 heterocycles. The highest BCUT2D eigenvalue weighted by Gasteiger charge is 2.31. The number of hydrogen-bond acceptors (Lipinski definition) is 9. The lowest BCUT2D eigenvalue weighted by molar-refractivity contribution is -0.133. The maximum atomic E-state index is 14.1. The molecule has 3 aromatic rings.